The van der Waals surface area contributed by atoms with Gasteiger partial charge in [0, 0.05) is 11.3 Å². The molecule has 0 aliphatic rings. The number of carbonyl (C=O) groups is 1. The third-order valence-corrected chi connectivity index (χ3v) is 3.98. The van der Waals surface area contributed by atoms with Gasteiger partial charge in [-0.3, -0.25) is 4.79 Å². The van der Waals surface area contributed by atoms with E-state index in [0.717, 1.165) is 23.2 Å². The molecule has 1 N–H and O–H groups in total. The van der Waals surface area contributed by atoms with Crippen molar-refractivity contribution in [2.45, 2.75) is 40.0 Å². The zero-order chi connectivity index (χ0) is 15.4. The first kappa shape index (κ1) is 15.3. The largest absolute Gasteiger partial charge is 0.322 e. The molecule has 0 radical (unpaired) electrons. The summed E-state index contributed by atoms with van der Waals surface area (Å²) in [5, 5.41) is 2.96. The van der Waals surface area contributed by atoms with Crippen LogP contribution in [0.1, 0.15) is 53.2 Å². The predicted octanol–water partition coefficient (Wildman–Crippen LogP) is 5.07. The SMILES string of the molecule is CC[C@H](C)c1ccc(NC(=O)c2ccc(C)cc2C)cc1. The number of hydrogen-bond acceptors (Lipinski definition) is 1. The highest BCUT2D eigenvalue weighted by molar-refractivity contribution is 6.05. The van der Waals surface area contributed by atoms with Crippen LogP contribution in [0.3, 0.4) is 0 Å². The number of anilines is 1. The summed E-state index contributed by atoms with van der Waals surface area (Å²) in [6, 6.07) is 14.0. The minimum Gasteiger partial charge on any atom is -0.322 e. The lowest BCUT2D eigenvalue weighted by Crippen LogP contribution is -2.13. The first-order chi connectivity index (χ1) is 10.0. The molecule has 2 aromatic rings. The fourth-order valence-corrected chi connectivity index (χ4v) is 2.40. The maximum absolute atomic E-state index is 12.3. The zero-order valence-corrected chi connectivity index (χ0v) is 13.2. The Kier molecular flexibility index (Phi) is 4.79. The van der Waals surface area contributed by atoms with E-state index >= 15 is 0 Å². The van der Waals surface area contributed by atoms with Crippen molar-refractivity contribution >= 4 is 11.6 Å². The van der Waals surface area contributed by atoms with Crippen molar-refractivity contribution < 1.29 is 4.79 Å². The van der Waals surface area contributed by atoms with E-state index in [9.17, 15) is 4.79 Å². The molecule has 1 amide bonds. The Morgan fingerprint density at radius 1 is 1.10 bits per heavy atom. The number of rotatable bonds is 4. The average molecular weight is 281 g/mol. The molecule has 1 atom stereocenters. The second-order valence-corrected chi connectivity index (χ2v) is 5.70. The predicted molar refractivity (Wildman–Crippen MR) is 89.0 cm³/mol. The van der Waals surface area contributed by atoms with Crippen molar-refractivity contribution in [1.82, 2.24) is 0 Å². The number of carbonyl (C=O) groups excluding carboxylic acids is 1. The molecule has 2 rings (SSSR count). The highest BCUT2D eigenvalue weighted by Crippen LogP contribution is 2.21. The molecule has 0 bridgehead atoms. The second-order valence-electron chi connectivity index (χ2n) is 5.70. The summed E-state index contributed by atoms with van der Waals surface area (Å²) in [5.74, 6) is 0.498. The van der Waals surface area contributed by atoms with Crippen LogP contribution in [0.4, 0.5) is 5.69 Å². The minimum atomic E-state index is -0.0520. The topological polar surface area (TPSA) is 29.1 Å². The molecule has 110 valence electrons. The maximum Gasteiger partial charge on any atom is 0.255 e. The first-order valence-corrected chi connectivity index (χ1v) is 7.49. The molecule has 2 heteroatoms. The third kappa shape index (κ3) is 3.72. The van der Waals surface area contributed by atoms with Crippen molar-refractivity contribution in [3.63, 3.8) is 0 Å². The highest BCUT2D eigenvalue weighted by atomic mass is 16.1. The Bertz CT molecular complexity index is 629. The summed E-state index contributed by atoms with van der Waals surface area (Å²) in [4.78, 5) is 12.3. The van der Waals surface area contributed by atoms with Crippen LogP contribution in [-0.2, 0) is 0 Å². The fourth-order valence-electron chi connectivity index (χ4n) is 2.40. The van der Waals surface area contributed by atoms with Crippen molar-refractivity contribution in [2.24, 2.45) is 0 Å². The number of aryl methyl sites for hydroxylation is 2. The fraction of sp³-hybridized carbons (Fsp3) is 0.316. The summed E-state index contributed by atoms with van der Waals surface area (Å²) in [7, 11) is 0. The van der Waals surface area contributed by atoms with Gasteiger partial charge in [0.05, 0.1) is 0 Å². The van der Waals surface area contributed by atoms with Gasteiger partial charge in [-0.2, -0.15) is 0 Å². The molecule has 0 unspecified atom stereocenters. The summed E-state index contributed by atoms with van der Waals surface area (Å²) in [5.41, 5.74) is 5.05. The van der Waals surface area contributed by atoms with Gasteiger partial charge in [-0.25, -0.2) is 0 Å². The molecule has 0 heterocycles. The number of hydrogen-bond donors (Lipinski definition) is 1. The smallest absolute Gasteiger partial charge is 0.255 e. The zero-order valence-electron chi connectivity index (χ0n) is 13.2. The summed E-state index contributed by atoms with van der Waals surface area (Å²) in [6.07, 6.45) is 1.12. The Morgan fingerprint density at radius 3 is 2.33 bits per heavy atom. The van der Waals surface area contributed by atoms with Gasteiger partial charge in [-0.15, -0.1) is 0 Å². The Hall–Kier alpha value is -2.09. The molecular formula is C19H23NO. The van der Waals surface area contributed by atoms with Crippen LogP contribution in [0.2, 0.25) is 0 Å². The molecule has 21 heavy (non-hydrogen) atoms. The van der Waals surface area contributed by atoms with Crippen molar-refractivity contribution in [2.75, 3.05) is 5.32 Å². The number of amides is 1. The number of nitrogens with one attached hydrogen (secondary N) is 1. The summed E-state index contributed by atoms with van der Waals surface area (Å²) < 4.78 is 0. The standard InChI is InChI=1S/C19H23NO/c1-5-14(3)16-7-9-17(10-8-16)20-19(21)18-11-6-13(2)12-15(18)4/h6-12,14H,5H2,1-4H3,(H,20,21)/t14-/m0/s1. The van der Waals surface area contributed by atoms with E-state index in [-0.39, 0.29) is 5.91 Å². The van der Waals surface area contributed by atoms with Crippen molar-refractivity contribution in [3.05, 3.63) is 64.7 Å². The van der Waals surface area contributed by atoms with E-state index in [1.54, 1.807) is 0 Å². The lowest BCUT2D eigenvalue weighted by atomic mass is 9.98. The maximum atomic E-state index is 12.3. The van der Waals surface area contributed by atoms with Gasteiger partial charge in [0.25, 0.3) is 5.91 Å². The molecule has 0 aromatic heterocycles. The van der Waals surface area contributed by atoms with Crippen molar-refractivity contribution in [1.29, 1.82) is 0 Å². The quantitative estimate of drug-likeness (QED) is 0.833. The van der Waals surface area contributed by atoms with Gasteiger partial charge in [0.1, 0.15) is 0 Å². The molecule has 0 saturated carbocycles. The van der Waals surface area contributed by atoms with Gasteiger partial charge in [-0.1, -0.05) is 43.7 Å². The van der Waals surface area contributed by atoms with Gasteiger partial charge < -0.3 is 5.32 Å². The molecule has 0 aliphatic heterocycles. The monoisotopic (exact) mass is 281 g/mol. The van der Waals surface area contributed by atoms with E-state index in [1.165, 1.54) is 11.1 Å². The second kappa shape index (κ2) is 6.57. The minimum absolute atomic E-state index is 0.0520. The lowest BCUT2D eigenvalue weighted by molar-refractivity contribution is 0.102. The molecule has 0 spiro atoms. The normalized spacial score (nSPS) is 12.0. The molecule has 2 aromatic carbocycles. The lowest BCUT2D eigenvalue weighted by Gasteiger charge is -2.11. The molecule has 0 aliphatic carbocycles. The van der Waals surface area contributed by atoms with E-state index in [4.69, 9.17) is 0 Å². The van der Waals surface area contributed by atoms with Crippen LogP contribution in [0.15, 0.2) is 42.5 Å². The Morgan fingerprint density at radius 2 is 1.76 bits per heavy atom. The average Bonchev–Trinajstić information content (AvgIpc) is 2.47. The summed E-state index contributed by atoms with van der Waals surface area (Å²) >= 11 is 0. The van der Waals surface area contributed by atoms with Crippen LogP contribution < -0.4 is 5.32 Å². The highest BCUT2D eigenvalue weighted by Gasteiger charge is 2.09. The van der Waals surface area contributed by atoms with Crippen LogP contribution in [0, 0.1) is 13.8 Å². The van der Waals surface area contributed by atoms with E-state index in [1.807, 2.05) is 44.2 Å². The van der Waals surface area contributed by atoms with Crippen molar-refractivity contribution in [3.8, 4) is 0 Å². The summed E-state index contributed by atoms with van der Waals surface area (Å²) in [6.45, 7) is 8.39. The molecule has 0 fully saturated rings. The molecule has 2 nitrogen and oxygen atoms in total. The Balaban J connectivity index is 2.12. The van der Waals surface area contributed by atoms with Gasteiger partial charge >= 0.3 is 0 Å². The van der Waals surface area contributed by atoms with Crippen LogP contribution in [0.5, 0.6) is 0 Å². The van der Waals surface area contributed by atoms with Crippen LogP contribution in [0.25, 0.3) is 0 Å². The van der Waals surface area contributed by atoms with E-state index in [2.05, 4.69) is 31.3 Å². The van der Waals surface area contributed by atoms with E-state index < -0.39 is 0 Å². The van der Waals surface area contributed by atoms with E-state index in [0.29, 0.717) is 5.92 Å². The van der Waals surface area contributed by atoms with Gasteiger partial charge in [0.2, 0.25) is 0 Å². The third-order valence-electron chi connectivity index (χ3n) is 3.98. The first-order valence-electron chi connectivity index (χ1n) is 7.49. The Labute approximate surface area is 127 Å². The van der Waals surface area contributed by atoms with Crippen LogP contribution in [-0.4, -0.2) is 5.91 Å². The van der Waals surface area contributed by atoms with Crippen LogP contribution >= 0.6 is 0 Å². The van der Waals surface area contributed by atoms with Gasteiger partial charge in [0.15, 0.2) is 0 Å². The molecular weight excluding hydrogens is 258 g/mol. The molecule has 0 saturated heterocycles. The number of benzene rings is 2. The van der Waals surface area contributed by atoms with Gasteiger partial charge in [-0.05, 0) is 55.5 Å².